The standard InChI is InChI=1S/C31H33Cl2N3O5/c1-38-27-9-2-20(18-28(27)40-17-14-35-12-15-39-16-13-35)30-29-24(25-19-22(33)5-8-26(25)34-29)10-11-36(30)31(37)41-23-6-3-21(32)4-7-23/h2-4,6-9,18-19,22,30,34H,5,10-17H2,1H3. The molecule has 216 valence electrons. The molecule has 6 rings (SSSR count). The Kier molecular flexibility index (Phi) is 8.44. The van der Waals surface area contributed by atoms with E-state index in [1.54, 1.807) is 36.3 Å². The largest absolute Gasteiger partial charge is 0.493 e. The molecule has 0 saturated carbocycles. The second-order valence-electron chi connectivity index (χ2n) is 10.3. The smallest absolute Gasteiger partial charge is 0.416 e. The molecular formula is C31H33Cl2N3O5. The predicted molar refractivity (Wildman–Crippen MR) is 159 cm³/mol. The summed E-state index contributed by atoms with van der Waals surface area (Å²) in [6.45, 7) is 5.05. The third kappa shape index (κ3) is 6.06. The number of morpholine rings is 1. The molecule has 2 aliphatic heterocycles. The molecular weight excluding hydrogens is 565 g/mol. The summed E-state index contributed by atoms with van der Waals surface area (Å²) in [5.74, 6) is 1.70. The number of amides is 1. The Morgan fingerprint density at radius 1 is 1.10 bits per heavy atom. The van der Waals surface area contributed by atoms with E-state index in [1.807, 2.05) is 18.2 Å². The van der Waals surface area contributed by atoms with Crippen LogP contribution in [-0.2, 0) is 11.2 Å². The van der Waals surface area contributed by atoms with Crippen LogP contribution in [0.15, 0.2) is 42.5 Å². The summed E-state index contributed by atoms with van der Waals surface area (Å²) >= 11 is 12.5. The summed E-state index contributed by atoms with van der Waals surface area (Å²) in [6.07, 6.45) is 5.24. The molecule has 41 heavy (non-hydrogen) atoms. The Balaban J connectivity index is 1.34. The molecule has 2 atom stereocenters. The van der Waals surface area contributed by atoms with Crippen molar-refractivity contribution in [2.45, 2.75) is 24.3 Å². The zero-order valence-electron chi connectivity index (χ0n) is 22.9. The second-order valence-corrected chi connectivity index (χ2v) is 11.3. The molecule has 3 aliphatic rings. The van der Waals surface area contributed by atoms with Gasteiger partial charge < -0.3 is 23.9 Å². The highest BCUT2D eigenvalue weighted by molar-refractivity contribution is 6.30. The van der Waals surface area contributed by atoms with Crippen LogP contribution in [0.4, 0.5) is 4.79 Å². The number of aromatic amines is 1. The highest BCUT2D eigenvalue weighted by Gasteiger charge is 2.36. The number of aromatic nitrogens is 1. The lowest BCUT2D eigenvalue weighted by molar-refractivity contribution is 0.0321. The number of fused-ring (bicyclic) bond motifs is 3. The normalized spacial score (nSPS) is 20.3. The molecule has 1 fully saturated rings. The number of benzene rings is 2. The van der Waals surface area contributed by atoms with Gasteiger partial charge in [-0.15, -0.1) is 11.6 Å². The van der Waals surface area contributed by atoms with E-state index in [9.17, 15) is 4.79 Å². The zero-order valence-corrected chi connectivity index (χ0v) is 24.4. The molecule has 0 spiro atoms. The van der Waals surface area contributed by atoms with E-state index in [1.165, 1.54) is 5.56 Å². The molecule has 2 aromatic carbocycles. The summed E-state index contributed by atoms with van der Waals surface area (Å²) in [5, 5.41) is 2.69. The van der Waals surface area contributed by atoms with E-state index in [2.05, 4.69) is 22.0 Å². The number of ether oxygens (including phenoxy) is 4. The minimum absolute atomic E-state index is 0.0544. The molecule has 1 aromatic heterocycles. The fourth-order valence-electron chi connectivity index (χ4n) is 5.74. The Morgan fingerprint density at radius 3 is 2.68 bits per heavy atom. The van der Waals surface area contributed by atoms with Gasteiger partial charge in [0.2, 0.25) is 0 Å². The Morgan fingerprint density at radius 2 is 1.90 bits per heavy atom. The van der Waals surface area contributed by atoms with Crippen molar-refractivity contribution in [3.05, 3.63) is 74.9 Å². The molecule has 3 aromatic rings. The lowest BCUT2D eigenvalue weighted by Crippen LogP contribution is -2.43. The summed E-state index contributed by atoms with van der Waals surface area (Å²) in [4.78, 5) is 21.3. The van der Waals surface area contributed by atoms with Crippen LogP contribution in [0.1, 0.15) is 29.3 Å². The Bertz CT molecular complexity index is 1520. The molecule has 0 bridgehead atoms. The maximum absolute atomic E-state index is 13.6. The van der Waals surface area contributed by atoms with Gasteiger partial charge in [-0.2, -0.15) is 0 Å². The molecule has 1 N–H and O–H groups in total. The molecule has 0 radical (unpaired) electrons. The van der Waals surface area contributed by atoms with E-state index in [-0.39, 0.29) is 5.38 Å². The number of nitrogens with zero attached hydrogens (tertiary/aromatic N) is 2. The average molecular weight is 599 g/mol. The van der Waals surface area contributed by atoms with Gasteiger partial charge in [0.1, 0.15) is 18.4 Å². The summed E-state index contributed by atoms with van der Waals surface area (Å²) in [6, 6.07) is 12.2. The first kappa shape index (κ1) is 28.0. The van der Waals surface area contributed by atoms with Gasteiger partial charge in [-0.25, -0.2) is 4.79 Å². The monoisotopic (exact) mass is 597 g/mol. The van der Waals surface area contributed by atoms with Gasteiger partial charge in [0.05, 0.1) is 25.7 Å². The van der Waals surface area contributed by atoms with Crippen molar-refractivity contribution in [2.75, 3.05) is 53.1 Å². The van der Waals surface area contributed by atoms with Gasteiger partial charge in [-0.1, -0.05) is 29.8 Å². The van der Waals surface area contributed by atoms with Crippen LogP contribution < -0.4 is 24.8 Å². The maximum atomic E-state index is 13.6. The van der Waals surface area contributed by atoms with E-state index < -0.39 is 12.1 Å². The summed E-state index contributed by atoms with van der Waals surface area (Å²) in [7, 11) is 1.63. The highest BCUT2D eigenvalue weighted by atomic mass is 35.5. The van der Waals surface area contributed by atoms with Crippen molar-refractivity contribution >= 4 is 41.4 Å². The van der Waals surface area contributed by atoms with Crippen LogP contribution in [0, 0.1) is 0 Å². The number of alkyl halides is 1. The number of H-pyrrole nitrogens is 1. The SMILES string of the molecule is COc1ccc(C2c3[nH]c4c(c3CCN2C(=O)Oc2ccc(Cl)cc2)=CC(Cl)CC=4)cc1OCCN1CCOCC1. The number of rotatable bonds is 7. The molecule has 8 nitrogen and oxygen atoms in total. The van der Waals surface area contributed by atoms with Gasteiger partial charge >= 0.3 is 6.09 Å². The minimum atomic E-state index is -0.440. The molecule has 3 heterocycles. The van der Waals surface area contributed by atoms with E-state index in [0.717, 1.165) is 61.1 Å². The Labute approximate surface area is 249 Å². The van der Waals surface area contributed by atoms with Crippen molar-refractivity contribution in [2.24, 2.45) is 0 Å². The van der Waals surface area contributed by atoms with Crippen molar-refractivity contribution in [1.82, 2.24) is 14.8 Å². The summed E-state index contributed by atoms with van der Waals surface area (Å²) < 4.78 is 23.2. The van der Waals surface area contributed by atoms with Crippen LogP contribution in [-0.4, -0.2) is 79.4 Å². The summed E-state index contributed by atoms with van der Waals surface area (Å²) in [5.41, 5.74) is 3.02. The molecule has 2 unspecified atom stereocenters. The van der Waals surface area contributed by atoms with E-state index >= 15 is 0 Å². The minimum Gasteiger partial charge on any atom is -0.493 e. The van der Waals surface area contributed by atoms with Crippen LogP contribution in [0.3, 0.4) is 0 Å². The lowest BCUT2D eigenvalue weighted by atomic mass is 9.92. The Hall–Kier alpha value is -3.17. The zero-order chi connectivity index (χ0) is 28.3. The molecule has 10 heteroatoms. The van der Waals surface area contributed by atoms with Crippen molar-refractivity contribution in [3.8, 4) is 17.2 Å². The highest BCUT2D eigenvalue weighted by Crippen LogP contribution is 2.38. The first-order chi connectivity index (χ1) is 20.0. The van der Waals surface area contributed by atoms with E-state index in [0.29, 0.717) is 41.8 Å². The van der Waals surface area contributed by atoms with Crippen molar-refractivity contribution in [3.63, 3.8) is 0 Å². The second kappa shape index (κ2) is 12.4. The van der Waals surface area contributed by atoms with Gasteiger partial charge in [0.25, 0.3) is 0 Å². The number of hydrogen-bond acceptors (Lipinski definition) is 6. The number of carbonyl (C=O) groups excluding carboxylic acids is 1. The quantitative estimate of drug-likeness (QED) is 0.413. The number of nitrogens with one attached hydrogen (secondary N) is 1. The lowest BCUT2D eigenvalue weighted by Gasteiger charge is -2.35. The average Bonchev–Trinajstić information content (AvgIpc) is 3.36. The van der Waals surface area contributed by atoms with Crippen molar-refractivity contribution < 1.29 is 23.7 Å². The number of carbonyl (C=O) groups is 1. The fourth-order valence-corrected chi connectivity index (χ4v) is 6.08. The van der Waals surface area contributed by atoms with Gasteiger partial charge in [-0.05, 0) is 60.4 Å². The molecule has 1 saturated heterocycles. The first-order valence-corrected chi connectivity index (χ1v) is 14.7. The fraction of sp³-hybridized carbons (Fsp3) is 0.387. The third-order valence-corrected chi connectivity index (χ3v) is 8.37. The van der Waals surface area contributed by atoms with Crippen molar-refractivity contribution in [1.29, 1.82) is 0 Å². The number of methoxy groups -OCH3 is 1. The van der Waals surface area contributed by atoms with Gasteiger partial charge in [0.15, 0.2) is 11.5 Å². The third-order valence-electron chi connectivity index (χ3n) is 7.82. The number of hydrogen-bond donors (Lipinski definition) is 1. The predicted octanol–water partition coefficient (Wildman–Crippen LogP) is 4.11. The number of halogens is 2. The topological polar surface area (TPSA) is 76.3 Å². The van der Waals surface area contributed by atoms with Crippen LogP contribution >= 0.6 is 23.2 Å². The van der Waals surface area contributed by atoms with Crippen LogP contribution in [0.25, 0.3) is 12.2 Å². The molecule has 1 aliphatic carbocycles. The van der Waals surface area contributed by atoms with Gasteiger partial charge in [-0.3, -0.25) is 9.80 Å². The van der Waals surface area contributed by atoms with Gasteiger partial charge in [0, 0.05) is 47.5 Å². The van der Waals surface area contributed by atoms with E-state index in [4.69, 9.17) is 42.1 Å². The maximum Gasteiger partial charge on any atom is 0.416 e. The first-order valence-electron chi connectivity index (χ1n) is 13.9. The molecule has 1 amide bonds. The van der Waals surface area contributed by atoms with Crippen LogP contribution in [0.5, 0.6) is 17.2 Å². The van der Waals surface area contributed by atoms with Crippen LogP contribution in [0.2, 0.25) is 5.02 Å².